The van der Waals surface area contributed by atoms with Crippen molar-refractivity contribution in [1.29, 1.82) is 0 Å². The summed E-state index contributed by atoms with van der Waals surface area (Å²) in [6.07, 6.45) is -3.16. The number of benzene rings is 1. The molecular formula is C14H16F5N. The SMILES string of the molecule is CC1CCN(C(c2ccc(F)c(F)c2)C(F)(F)F)CC1. The van der Waals surface area contributed by atoms with Crippen molar-refractivity contribution in [2.45, 2.75) is 32.0 Å². The predicted molar refractivity (Wildman–Crippen MR) is 65.1 cm³/mol. The third-order valence-corrected chi connectivity index (χ3v) is 3.75. The van der Waals surface area contributed by atoms with Gasteiger partial charge in [0.1, 0.15) is 6.04 Å². The van der Waals surface area contributed by atoms with Crippen LogP contribution in [0.5, 0.6) is 0 Å². The van der Waals surface area contributed by atoms with E-state index in [4.69, 9.17) is 0 Å². The second-order valence-corrected chi connectivity index (χ2v) is 5.34. The van der Waals surface area contributed by atoms with Gasteiger partial charge in [0, 0.05) is 0 Å². The van der Waals surface area contributed by atoms with Crippen LogP contribution in [0.15, 0.2) is 18.2 Å². The van der Waals surface area contributed by atoms with Gasteiger partial charge in [-0.2, -0.15) is 13.2 Å². The molecule has 0 aromatic heterocycles. The van der Waals surface area contributed by atoms with E-state index in [2.05, 4.69) is 0 Å². The van der Waals surface area contributed by atoms with Crippen LogP contribution in [0.4, 0.5) is 22.0 Å². The first kappa shape index (κ1) is 15.2. The minimum atomic E-state index is -4.51. The highest BCUT2D eigenvalue weighted by molar-refractivity contribution is 5.23. The molecule has 1 atom stereocenters. The molecule has 1 unspecified atom stereocenters. The van der Waals surface area contributed by atoms with E-state index in [1.54, 1.807) is 0 Å². The molecule has 1 aromatic rings. The lowest BCUT2D eigenvalue weighted by atomic mass is 9.95. The number of hydrogen-bond acceptors (Lipinski definition) is 1. The molecule has 1 aliphatic rings. The van der Waals surface area contributed by atoms with E-state index < -0.39 is 23.9 Å². The maximum atomic E-state index is 13.3. The summed E-state index contributed by atoms with van der Waals surface area (Å²) >= 11 is 0. The average molecular weight is 293 g/mol. The smallest absolute Gasteiger partial charge is 0.289 e. The zero-order valence-electron chi connectivity index (χ0n) is 11.1. The zero-order valence-corrected chi connectivity index (χ0v) is 11.1. The fourth-order valence-corrected chi connectivity index (χ4v) is 2.58. The van der Waals surface area contributed by atoms with Gasteiger partial charge in [-0.15, -0.1) is 0 Å². The minimum Gasteiger partial charge on any atom is -0.289 e. The lowest BCUT2D eigenvalue weighted by Gasteiger charge is -2.37. The zero-order chi connectivity index (χ0) is 14.9. The third-order valence-electron chi connectivity index (χ3n) is 3.75. The molecule has 20 heavy (non-hydrogen) atoms. The van der Waals surface area contributed by atoms with Gasteiger partial charge >= 0.3 is 6.18 Å². The van der Waals surface area contributed by atoms with Crippen LogP contribution in [-0.2, 0) is 0 Å². The van der Waals surface area contributed by atoms with Crippen LogP contribution in [0.3, 0.4) is 0 Å². The van der Waals surface area contributed by atoms with Crippen molar-refractivity contribution >= 4 is 0 Å². The summed E-state index contributed by atoms with van der Waals surface area (Å²) in [6, 6.07) is 0.529. The highest BCUT2D eigenvalue weighted by Gasteiger charge is 2.45. The Morgan fingerprint density at radius 3 is 2.20 bits per heavy atom. The summed E-state index contributed by atoms with van der Waals surface area (Å²) in [6.45, 7) is 2.62. The molecule has 1 fully saturated rings. The summed E-state index contributed by atoms with van der Waals surface area (Å²) < 4.78 is 65.9. The Kier molecular flexibility index (Phi) is 4.32. The van der Waals surface area contributed by atoms with Crippen LogP contribution in [0.1, 0.15) is 31.4 Å². The van der Waals surface area contributed by atoms with E-state index in [1.165, 1.54) is 4.90 Å². The molecule has 1 aromatic carbocycles. The monoisotopic (exact) mass is 293 g/mol. The summed E-state index contributed by atoms with van der Waals surface area (Å²) in [5, 5.41) is 0. The van der Waals surface area contributed by atoms with E-state index in [-0.39, 0.29) is 5.56 Å². The van der Waals surface area contributed by atoms with Gasteiger partial charge in [0.25, 0.3) is 0 Å². The number of halogens is 5. The number of nitrogens with zero attached hydrogens (tertiary/aromatic N) is 1. The first-order chi connectivity index (χ1) is 9.29. The molecular weight excluding hydrogens is 277 g/mol. The largest absolute Gasteiger partial charge is 0.408 e. The summed E-state index contributed by atoms with van der Waals surface area (Å²) in [5.74, 6) is -1.99. The molecule has 0 N–H and O–H groups in total. The van der Waals surface area contributed by atoms with Gasteiger partial charge in [-0.3, -0.25) is 4.90 Å². The van der Waals surface area contributed by atoms with E-state index in [9.17, 15) is 22.0 Å². The molecule has 0 amide bonds. The van der Waals surface area contributed by atoms with Crippen LogP contribution in [-0.4, -0.2) is 24.2 Å². The van der Waals surface area contributed by atoms with Crippen molar-refractivity contribution in [3.8, 4) is 0 Å². The van der Waals surface area contributed by atoms with E-state index in [0.29, 0.717) is 37.9 Å². The molecule has 6 heteroatoms. The van der Waals surface area contributed by atoms with Crippen LogP contribution in [0.25, 0.3) is 0 Å². The van der Waals surface area contributed by atoms with Crippen molar-refractivity contribution in [2.24, 2.45) is 5.92 Å². The van der Waals surface area contributed by atoms with Crippen molar-refractivity contribution in [1.82, 2.24) is 4.90 Å². The number of alkyl halides is 3. The molecule has 0 spiro atoms. The fourth-order valence-electron chi connectivity index (χ4n) is 2.58. The Morgan fingerprint density at radius 2 is 1.70 bits per heavy atom. The Hall–Kier alpha value is -1.17. The van der Waals surface area contributed by atoms with E-state index >= 15 is 0 Å². The molecule has 0 saturated carbocycles. The minimum absolute atomic E-state index is 0.244. The Balaban J connectivity index is 2.30. The maximum absolute atomic E-state index is 13.3. The highest BCUT2D eigenvalue weighted by atomic mass is 19.4. The van der Waals surface area contributed by atoms with Gasteiger partial charge in [-0.25, -0.2) is 8.78 Å². The molecule has 0 radical (unpaired) electrons. The van der Waals surface area contributed by atoms with Gasteiger partial charge in [-0.1, -0.05) is 13.0 Å². The number of likely N-dealkylation sites (tertiary alicyclic amines) is 1. The lowest BCUT2D eigenvalue weighted by molar-refractivity contribution is -0.189. The lowest BCUT2D eigenvalue weighted by Crippen LogP contribution is -2.42. The molecule has 0 bridgehead atoms. The first-order valence-corrected chi connectivity index (χ1v) is 6.54. The summed E-state index contributed by atoms with van der Waals surface area (Å²) in [7, 11) is 0. The van der Waals surface area contributed by atoms with Gasteiger partial charge in [0.05, 0.1) is 0 Å². The number of hydrogen-bond donors (Lipinski definition) is 0. The van der Waals surface area contributed by atoms with Gasteiger partial charge in [0.2, 0.25) is 0 Å². The second-order valence-electron chi connectivity index (χ2n) is 5.34. The molecule has 1 saturated heterocycles. The summed E-state index contributed by atoms with van der Waals surface area (Å²) in [4.78, 5) is 1.30. The normalized spacial score (nSPS) is 20.1. The molecule has 1 heterocycles. The molecule has 2 rings (SSSR count). The van der Waals surface area contributed by atoms with Crippen LogP contribution >= 0.6 is 0 Å². The highest BCUT2D eigenvalue weighted by Crippen LogP contribution is 2.39. The Bertz CT molecular complexity index is 463. The fraction of sp³-hybridized carbons (Fsp3) is 0.571. The maximum Gasteiger partial charge on any atom is 0.408 e. The van der Waals surface area contributed by atoms with Crippen molar-refractivity contribution in [3.05, 3.63) is 35.4 Å². The standard InChI is InChI=1S/C14H16F5N/c1-9-4-6-20(7-5-9)13(14(17,18)19)10-2-3-11(15)12(16)8-10/h2-3,8-9,13H,4-7H2,1H3. The van der Waals surface area contributed by atoms with Gasteiger partial charge in [0.15, 0.2) is 11.6 Å². The number of piperidine rings is 1. The number of rotatable bonds is 2. The topological polar surface area (TPSA) is 3.24 Å². The first-order valence-electron chi connectivity index (χ1n) is 6.54. The van der Waals surface area contributed by atoms with Crippen LogP contribution in [0, 0.1) is 17.6 Å². The van der Waals surface area contributed by atoms with Crippen molar-refractivity contribution in [2.75, 3.05) is 13.1 Å². The van der Waals surface area contributed by atoms with Gasteiger partial charge in [-0.05, 0) is 49.5 Å². The van der Waals surface area contributed by atoms with E-state index in [0.717, 1.165) is 12.1 Å². The van der Waals surface area contributed by atoms with Crippen molar-refractivity contribution in [3.63, 3.8) is 0 Å². The quantitative estimate of drug-likeness (QED) is 0.735. The molecule has 112 valence electrons. The van der Waals surface area contributed by atoms with Crippen LogP contribution < -0.4 is 0 Å². The Labute approximate surface area is 114 Å². The van der Waals surface area contributed by atoms with E-state index in [1.807, 2.05) is 6.92 Å². The molecule has 0 aliphatic carbocycles. The molecule has 1 aliphatic heterocycles. The van der Waals surface area contributed by atoms with Gasteiger partial charge < -0.3 is 0 Å². The summed E-state index contributed by atoms with van der Waals surface area (Å²) in [5.41, 5.74) is -0.244. The van der Waals surface area contributed by atoms with Crippen molar-refractivity contribution < 1.29 is 22.0 Å². The third kappa shape index (κ3) is 3.29. The average Bonchev–Trinajstić information content (AvgIpc) is 2.35. The second kappa shape index (κ2) is 5.68. The molecule has 1 nitrogen and oxygen atoms in total. The predicted octanol–water partition coefficient (Wildman–Crippen LogP) is 4.30. The Morgan fingerprint density at radius 1 is 1.10 bits per heavy atom. The van der Waals surface area contributed by atoms with Crippen LogP contribution in [0.2, 0.25) is 0 Å².